The zero-order valence-corrected chi connectivity index (χ0v) is 14.0. The number of carbonyl (C=O) groups is 1. The molecule has 1 fully saturated rings. The Hall–Kier alpha value is -1.68. The number of thiophene rings is 1. The van der Waals surface area contributed by atoms with Crippen molar-refractivity contribution in [3.8, 4) is 0 Å². The van der Waals surface area contributed by atoms with Gasteiger partial charge >= 0.3 is 0 Å². The van der Waals surface area contributed by atoms with Gasteiger partial charge in [-0.05, 0) is 69.4 Å². The Balaban J connectivity index is 1.64. The van der Waals surface area contributed by atoms with Gasteiger partial charge in [-0.25, -0.2) is 0 Å². The smallest absolute Gasteiger partial charge is 0.264 e. The molecule has 116 valence electrons. The number of amides is 1. The summed E-state index contributed by atoms with van der Waals surface area (Å²) >= 11 is 1.60. The van der Waals surface area contributed by atoms with Crippen LogP contribution in [0.3, 0.4) is 0 Å². The molecular weight excluding hydrogens is 292 g/mol. The zero-order valence-electron chi connectivity index (χ0n) is 13.2. The van der Waals surface area contributed by atoms with Crippen molar-refractivity contribution in [3.05, 3.63) is 51.5 Å². The Bertz CT molecular complexity index is 665. The van der Waals surface area contributed by atoms with Crippen LogP contribution in [0.15, 0.2) is 30.5 Å². The van der Waals surface area contributed by atoms with Gasteiger partial charge in [0.05, 0.1) is 4.88 Å². The van der Waals surface area contributed by atoms with Crippen LogP contribution in [0.5, 0.6) is 0 Å². The molecule has 0 N–H and O–H groups in total. The second-order valence-electron chi connectivity index (χ2n) is 6.05. The lowest BCUT2D eigenvalue weighted by atomic mass is 10.0. The van der Waals surface area contributed by atoms with Crippen LogP contribution in [0.25, 0.3) is 0 Å². The molecule has 0 aliphatic carbocycles. The molecule has 2 aromatic rings. The third kappa shape index (κ3) is 3.38. The molecular formula is C18H22N2OS. The first-order valence-corrected chi connectivity index (χ1v) is 8.74. The van der Waals surface area contributed by atoms with Crippen molar-refractivity contribution in [1.82, 2.24) is 9.88 Å². The second-order valence-corrected chi connectivity index (χ2v) is 7.34. The molecule has 3 heterocycles. The van der Waals surface area contributed by atoms with Gasteiger partial charge in [0.15, 0.2) is 0 Å². The van der Waals surface area contributed by atoms with Crippen LogP contribution >= 0.6 is 11.3 Å². The first-order valence-electron chi connectivity index (χ1n) is 7.92. The summed E-state index contributed by atoms with van der Waals surface area (Å²) in [4.78, 5) is 21.1. The molecule has 3 nitrogen and oxygen atoms in total. The van der Waals surface area contributed by atoms with Crippen LogP contribution in [0.4, 0.5) is 0 Å². The summed E-state index contributed by atoms with van der Waals surface area (Å²) < 4.78 is 0. The summed E-state index contributed by atoms with van der Waals surface area (Å²) in [5.41, 5.74) is 2.38. The highest BCUT2D eigenvalue weighted by atomic mass is 32.1. The highest BCUT2D eigenvalue weighted by Gasteiger charge is 2.29. The van der Waals surface area contributed by atoms with Crippen molar-refractivity contribution < 1.29 is 4.79 Å². The van der Waals surface area contributed by atoms with E-state index in [2.05, 4.69) is 28.9 Å². The molecule has 1 aliphatic heterocycles. The fraction of sp³-hybridized carbons (Fsp3) is 0.444. The first-order chi connectivity index (χ1) is 10.6. The predicted molar refractivity (Wildman–Crippen MR) is 90.4 cm³/mol. The standard InChI is InChI=1S/C18H22N2OS/c1-13-12-15(9-10-19-13)6-7-16-4-3-11-20(16)18(21)17-8-5-14(2)22-17/h5,8-10,12,16H,3-4,6-7,11H2,1-2H3/t16-/m1/s1. The van der Waals surface area contributed by atoms with Gasteiger partial charge in [-0.2, -0.15) is 0 Å². The minimum absolute atomic E-state index is 0.214. The second kappa shape index (κ2) is 6.61. The Morgan fingerprint density at radius 3 is 2.95 bits per heavy atom. The maximum absolute atomic E-state index is 12.7. The molecule has 1 saturated heterocycles. The van der Waals surface area contributed by atoms with Crippen LogP contribution in [-0.4, -0.2) is 28.4 Å². The van der Waals surface area contributed by atoms with Crippen molar-refractivity contribution in [2.75, 3.05) is 6.54 Å². The summed E-state index contributed by atoms with van der Waals surface area (Å²) in [6.45, 7) is 4.97. The third-order valence-electron chi connectivity index (χ3n) is 4.32. The molecule has 0 spiro atoms. The molecule has 0 saturated carbocycles. The minimum atomic E-state index is 0.214. The van der Waals surface area contributed by atoms with Crippen molar-refractivity contribution >= 4 is 17.2 Å². The maximum Gasteiger partial charge on any atom is 0.264 e. The van der Waals surface area contributed by atoms with Crippen LogP contribution in [-0.2, 0) is 6.42 Å². The highest BCUT2D eigenvalue weighted by Crippen LogP contribution is 2.26. The largest absolute Gasteiger partial charge is 0.335 e. The molecule has 1 amide bonds. The fourth-order valence-corrected chi connectivity index (χ4v) is 4.01. The summed E-state index contributed by atoms with van der Waals surface area (Å²) in [6.07, 6.45) is 6.17. The van der Waals surface area contributed by atoms with Crippen molar-refractivity contribution in [2.45, 2.75) is 45.6 Å². The van der Waals surface area contributed by atoms with E-state index in [0.29, 0.717) is 6.04 Å². The molecule has 0 radical (unpaired) electrons. The Morgan fingerprint density at radius 1 is 1.36 bits per heavy atom. The number of aryl methyl sites for hydroxylation is 3. The maximum atomic E-state index is 12.7. The summed E-state index contributed by atoms with van der Waals surface area (Å²) in [6, 6.07) is 8.59. The average Bonchev–Trinajstić information content (AvgIpc) is 3.13. The Kier molecular flexibility index (Phi) is 4.57. The number of nitrogens with zero attached hydrogens (tertiary/aromatic N) is 2. The molecule has 1 atom stereocenters. The van der Waals surface area contributed by atoms with E-state index >= 15 is 0 Å². The summed E-state index contributed by atoms with van der Waals surface area (Å²) in [5.74, 6) is 0.214. The number of hydrogen-bond donors (Lipinski definition) is 0. The molecule has 0 aromatic carbocycles. The Labute approximate surface area is 136 Å². The number of hydrogen-bond acceptors (Lipinski definition) is 3. The van der Waals surface area contributed by atoms with Gasteiger partial charge in [0.1, 0.15) is 0 Å². The molecule has 1 aliphatic rings. The third-order valence-corrected chi connectivity index (χ3v) is 5.31. The lowest BCUT2D eigenvalue weighted by molar-refractivity contribution is 0.0735. The monoisotopic (exact) mass is 314 g/mol. The van der Waals surface area contributed by atoms with Gasteiger partial charge in [-0.15, -0.1) is 11.3 Å². The number of likely N-dealkylation sites (tertiary alicyclic amines) is 1. The number of carbonyl (C=O) groups excluding carboxylic acids is 1. The van der Waals surface area contributed by atoms with E-state index in [0.717, 1.165) is 42.8 Å². The van der Waals surface area contributed by atoms with E-state index < -0.39 is 0 Å². The summed E-state index contributed by atoms with van der Waals surface area (Å²) in [5, 5.41) is 0. The van der Waals surface area contributed by atoms with E-state index in [1.807, 2.05) is 25.3 Å². The van der Waals surface area contributed by atoms with E-state index in [9.17, 15) is 4.79 Å². The SMILES string of the molecule is Cc1cc(CC[C@H]2CCCN2C(=O)c2ccc(C)s2)ccn1. The average molecular weight is 314 g/mol. The molecule has 0 bridgehead atoms. The van der Waals surface area contributed by atoms with E-state index in [4.69, 9.17) is 0 Å². The van der Waals surface area contributed by atoms with E-state index in [1.54, 1.807) is 11.3 Å². The lowest BCUT2D eigenvalue weighted by Crippen LogP contribution is -2.35. The van der Waals surface area contributed by atoms with Crippen LogP contribution in [0.2, 0.25) is 0 Å². The number of pyridine rings is 1. The predicted octanol–water partition coefficient (Wildman–Crippen LogP) is 4.00. The first kappa shape index (κ1) is 15.2. The van der Waals surface area contributed by atoms with Gasteiger partial charge < -0.3 is 4.90 Å². The van der Waals surface area contributed by atoms with E-state index in [-0.39, 0.29) is 5.91 Å². The number of rotatable bonds is 4. The van der Waals surface area contributed by atoms with Crippen molar-refractivity contribution in [2.24, 2.45) is 0 Å². The van der Waals surface area contributed by atoms with Crippen molar-refractivity contribution in [3.63, 3.8) is 0 Å². The van der Waals surface area contributed by atoms with E-state index in [1.165, 1.54) is 10.4 Å². The highest BCUT2D eigenvalue weighted by molar-refractivity contribution is 7.13. The lowest BCUT2D eigenvalue weighted by Gasteiger charge is -2.24. The van der Waals surface area contributed by atoms with Gasteiger partial charge in [0.25, 0.3) is 5.91 Å². The molecule has 3 rings (SSSR count). The molecule has 0 unspecified atom stereocenters. The number of aromatic nitrogens is 1. The van der Waals surface area contributed by atoms with Crippen LogP contribution < -0.4 is 0 Å². The normalized spacial score (nSPS) is 17.9. The molecule has 4 heteroatoms. The van der Waals surface area contributed by atoms with Crippen LogP contribution in [0.1, 0.15) is 45.1 Å². The molecule has 22 heavy (non-hydrogen) atoms. The van der Waals surface area contributed by atoms with Gasteiger partial charge in [-0.1, -0.05) is 0 Å². The van der Waals surface area contributed by atoms with Gasteiger partial charge in [-0.3, -0.25) is 9.78 Å². The van der Waals surface area contributed by atoms with Crippen LogP contribution in [0, 0.1) is 13.8 Å². The minimum Gasteiger partial charge on any atom is -0.335 e. The quantitative estimate of drug-likeness (QED) is 0.854. The zero-order chi connectivity index (χ0) is 15.5. The van der Waals surface area contributed by atoms with Gasteiger partial charge in [0, 0.05) is 29.4 Å². The molecule has 2 aromatic heterocycles. The fourth-order valence-electron chi connectivity index (χ4n) is 3.19. The Morgan fingerprint density at radius 2 is 2.23 bits per heavy atom. The van der Waals surface area contributed by atoms with Gasteiger partial charge in [0.2, 0.25) is 0 Å². The topological polar surface area (TPSA) is 33.2 Å². The van der Waals surface area contributed by atoms with Crippen molar-refractivity contribution in [1.29, 1.82) is 0 Å². The summed E-state index contributed by atoms with van der Waals surface area (Å²) in [7, 11) is 0.